The van der Waals surface area contributed by atoms with Crippen LogP contribution in [0.15, 0.2) is 9.68 Å². The molecule has 2 rings (SSSR count). The zero-order valence-electron chi connectivity index (χ0n) is 12.8. The molecule has 6 nitrogen and oxygen atoms in total. The maximum absolute atomic E-state index is 11.4. The van der Waals surface area contributed by atoms with Gasteiger partial charge in [0.15, 0.2) is 0 Å². The largest absolute Gasteiger partial charge is 0.469 e. The molecule has 6 heteroatoms. The minimum Gasteiger partial charge on any atom is -0.469 e. The van der Waals surface area contributed by atoms with Crippen LogP contribution in [0.25, 0.3) is 0 Å². The first kappa shape index (κ1) is 15.5. The second-order valence-electron chi connectivity index (χ2n) is 5.38. The molecule has 0 radical (unpaired) electrons. The summed E-state index contributed by atoms with van der Waals surface area (Å²) in [5.41, 5.74) is 2.71. The Balaban J connectivity index is 1.95. The van der Waals surface area contributed by atoms with Crippen molar-refractivity contribution in [2.24, 2.45) is 11.1 Å². The number of esters is 1. The van der Waals surface area contributed by atoms with Crippen molar-refractivity contribution in [3.05, 3.63) is 17.0 Å². The van der Waals surface area contributed by atoms with Crippen molar-refractivity contribution < 1.29 is 18.9 Å². The van der Waals surface area contributed by atoms with Gasteiger partial charge in [0.25, 0.3) is 0 Å². The third-order valence-electron chi connectivity index (χ3n) is 3.92. The van der Waals surface area contributed by atoms with E-state index in [1.807, 2.05) is 13.8 Å². The van der Waals surface area contributed by atoms with Crippen molar-refractivity contribution in [2.75, 3.05) is 7.11 Å². The molecule has 0 amide bonds. The van der Waals surface area contributed by atoms with Gasteiger partial charge in [-0.25, -0.2) is 0 Å². The minimum absolute atomic E-state index is 0.135. The van der Waals surface area contributed by atoms with Crippen LogP contribution in [0.3, 0.4) is 0 Å². The Bertz CT molecular complexity index is 502. The summed E-state index contributed by atoms with van der Waals surface area (Å²) in [6, 6.07) is 0. The number of nitrogens with zero attached hydrogens (tertiary/aromatic N) is 2. The van der Waals surface area contributed by atoms with Crippen LogP contribution in [0.1, 0.15) is 49.1 Å². The Morgan fingerprint density at radius 2 is 2.24 bits per heavy atom. The molecule has 116 valence electrons. The molecule has 1 aromatic rings. The lowest BCUT2D eigenvalue weighted by Gasteiger charge is -2.22. The van der Waals surface area contributed by atoms with Gasteiger partial charge in [-0.15, -0.1) is 0 Å². The molecule has 1 heterocycles. The molecule has 21 heavy (non-hydrogen) atoms. The molecule has 1 atom stereocenters. The smallest absolute Gasteiger partial charge is 0.306 e. The van der Waals surface area contributed by atoms with Gasteiger partial charge in [0.05, 0.1) is 30.5 Å². The molecule has 0 spiro atoms. The van der Waals surface area contributed by atoms with Crippen LogP contribution < -0.4 is 0 Å². The van der Waals surface area contributed by atoms with Crippen LogP contribution in [-0.2, 0) is 21.0 Å². The number of methoxy groups -OCH3 is 1. The number of rotatable bonds is 5. The zero-order valence-corrected chi connectivity index (χ0v) is 12.8. The normalized spacial score (nSPS) is 20.5. The zero-order chi connectivity index (χ0) is 15.2. The molecule has 0 unspecified atom stereocenters. The van der Waals surface area contributed by atoms with E-state index in [1.165, 1.54) is 7.11 Å². The third kappa shape index (κ3) is 4.06. The van der Waals surface area contributed by atoms with Crippen molar-refractivity contribution in [3.8, 4) is 0 Å². The van der Waals surface area contributed by atoms with Gasteiger partial charge < -0.3 is 14.1 Å². The first-order chi connectivity index (χ1) is 10.1. The summed E-state index contributed by atoms with van der Waals surface area (Å²) in [4.78, 5) is 16.9. The number of hydrogen-bond donors (Lipinski definition) is 0. The van der Waals surface area contributed by atoms with Crippen molar-refractivity contribution in [1.29, 1.82) is 0 Å². The number of ether oxygens (including phenoxy) is 1. The second-order valence-corrected chi connectivity index (χ2v) is 5.38. The van der Waals surface area contributed by atoms with E-state index in [2.05, 4.69) is 10.3 Å². The average Bonchev–Trinajstić information content (AvgIpc) is 2.80. The lowest BCUT2D eigenvalue weighted by atomic mass is 9.85. The monoisotopic (exact) mass is 294 g/mol. The van der Waals surface area contributed by atoms with E-state index in [-0.39, 0.29) is 11.9 Å². The second kappa shape index (κ2) is 7.24. The van der Waals surface area contributed by atoms with E-state index in [4.69, 9.17) is 14.1 Å². The van der Waals surface area contributed by atoms with E-state index in [0.717, 1.165) is 48.4 Å². The lowest BCUT2D eigenvalue weighted by molar-refractivity contribution is -0.141. The Labute approximate surface area is 124 Å². The van der Waals surface area contributed by atoms with Gasteiger partial charge in [-0.2, -0.15) is 0 Å². The Hall–Kier alpha value is -1.85. The van der Waals surface area contributed by atoms with E-state index >= 15 is 0 Å². The Kier molecular flexibility index (Phi) is 5.36. The predicted octanol–water partition coefficient (Wildman–Crippen LogP) is 2.92. The predicted molar refractivity (Wildman–Crippen MR) is 76.8 cm³/mol. The van der Waals surface area contributed by atoms with Crippen LogP contribution in [0.5, 0.6) is 0 Å². The fourth-order valence-electron chi connectivity index (χ4n) is 2.58. The van der Waals surface area contributed by atoms with E-state index in [0.29, 0.717) is 13.0 Å². The van der Waals surface area contributed by atoms with Gasteiger partial charge in [-0.1, -0.05) is 16.7 Å². The molecule has 0 N–H and O–H groups in total. The molecular weight excluding hydrogens is 272 g/mol. The molecule has 1 aliphatic carbocycles. The molecule has 0 saturated heterocycles. The fourth-order valence-corrected chi connectivity index (χ4v) is 2.58. The van der Waals surface area contributed by atoms with Crippen LogP contribution >= 0.6 is 0 Å². The number of carbonyl (C=O) groups excluding carboxylic acids is 1. The fraction of sp³-hybridized carbons (Fsp3) is 0.667. The topological polar surface area (TPSA) is 73.9 Å². The highest BCUT2D eigenvalue weighted by atomic mass is 16.6. The molecular formula is C15H22N2O4. The quantitative estimate of drug-likeness (QED) is 0.616. The molecule has 0 bridgehead atoms. The van der Waals surface area contributed by atoms with Crippen molar-refractivity contribution in [1.82, 2.24) is 5.16 Å². The number of aryl methyl sites for hydroxylation is 2. The number of oxime groups is 1. The third-order valence-corrected chi connectivity index (χ3v) is 3.92. The van der Waals surface area contributed by atoms with Crippen LogP contribution in [-0.4, -0.2) is 23.9 Å². The number of aromatic nitrogens is 1. The highest BCUT2D eigenvalue weighted by Gasteiger charge is 2.24. The van der Waals surface area contributed by atoms with Gasteiger partial charge in [-0.3, -0.25) is 4.79 Å². The van der Waals surface area contributed by atoms with Gasteiger partial charge in [0.2, 0.25) is 0 Å². The van der Waals surface area contributed by atoms with Gasteiger partial charge in [0.1, 0.15) is 12.4 Å². The Morgan fingerprint density at radius 1 is 1.43 bits per heavy atom. The molecule has 1 fully saturated rings. The first-order valence-electron chi connectivity index (χ1n) is 7.29. The summed E-state index contributed by atoms with van der Waals surface area (Å²) in [5.74, 6) is 0.693. The molecule has 0 aliphatic heterocycles. The maximum atomic E-state index is 11.4. The highest BCUT2D eigenvalue weighted by Crippen LogP contribution is 2.25. The molecule has 1 aromatic heterocycles. The van der Waals surface area contributed by atoms with Gasteiger partial charge >= 0.3 is 5.97 Å². The summed E-state index contributed by atoms with van der Waals surface area (Å²) in [6.45, 7) is 4.07. The standard InChI is InChI=1S/C15H22N2O4/c1-10-13(11(2)21-16-10)9-20-17-14-7-5-4-6-12(14)8-15(18)19-3/h12H,4-9H2,1-3H3/t12-/m1/s1. The van der Waals surface area contributed by atoms with Crippen molar-refractivity contribution >= 4 is 11.7 Å². The van der Waals surface area contributed by atoms with Crippen LogP contribution in [0.4, 0.5) is 0 Å². The van der Waals surface area contributed by atoms with Crippen molar-refractivity contribution in [3.63, 3.8) is 0 Å². The van der Waals surface area contributed by atoms with E-state index in [1.54, 1.807) is 0 Å². The van der Waals surface area contributed by atoms with Crippen LogP contribution in [0, 0.1) is 19.8 Å². The summed E-state index contributed by atoms with van der Waals surface area (Å²) >= 11 is 0. The summed E-state index contributed by atoms with van der Waals surface area (Å²) in [7, 11) is 1.41. The Morgan fingerprint density at radius 3 is 2.90 bits per heavy atom. The molecule has 1 saturated carbocycles. The maximum Gasteiger partial charge on any atom is 0.306 e. The van der Waals surface area contributed by atoms with Gasteiger partial charge in [-0.05, 0) is 33.1 Å². The molecule has 1 aliphatic rings. The van der Waals surface area contributed by atoms with E-state index in [9.17, 15) is 4.79 Å². The number of carbonyl (C=O) groups is 1. The number of hydrogen-bond acceptors (Lipinski definition) is 6. The minimum atomic E-state index is -0.194. The highest BCUT2D eigenvalue weighted by molar-refractivity contribution is 5.90. The SMILES string of the molecule is COC(=O)C[C@H]1CCCCC1=NOCc1c(C)noc1C. The van der Waals surface area contributed by atoms with Gasteiger partial charge in [0, 0.05) is 5.92 Å². The lowest BCUT2D eigenvalue weighted by Crippen LogP contribution is -2.23. The average molecular weight is 294 g/mol. The summed E-state index contributed by atoms with van der Waals surface area (Å²) in [5, 5.41) is 8.13. The van der Waals surface area contributed by atoms with E-state index < -0.39 is 0 Å². The molecule has 0 aromatic carbocycles. The summed E-state index contributed by atoms with van der Waals surface area (Å²) in [6.07, 6.45) is 4.42. The first-order valence-corrected chi connectivity index (χ1v) is 7.29. The summed E-state index contributed by atoms with van der Waals surface area (Å²) < 4.78 is 9.83. The van der Waals surface area contributed by atoms with Crippen molar-refractivity contribution in [2.45, 2.75) is 52.6 Å². The van der Waals surface area contributed by atoms with Crippen LogP contribution in [0.2, 0.25) is 0 Å².